The number of benzene rings is 1. The zero-order valence-electron chi connectivity index (χ0n) is 18.1. The highest BCUT2D eigenvalue weighted by atomic mass is 16.6. The highest BCUT2D eigenvalue weighted by Gasteiger charge is 2.34. The molecule has 9 nitrogen and oxygen atoms in total. The van der Waals surface area contributed by atoms with Crippen LogP contribution >= 0.6 is 0 Å². The van der Waals surface area contributed by atoms with E-state index >= 15 is 0 Å². The number of likely N-dealkylation sites (tertiary alicyclic amines) is 1. The number of carboxylic acids is 1. The van der Waals surface area contributed by atoms with Crippen LogP contribution in [-0.2, 0) is 30.5 Å². The molecule has 2 amide bonds. The van der Waals surface area contributed by atoms with Crippen molar-refractivity contribution in [2.24, 2.45) is 0 Å². The summed E-state index contributed by atoms with van der Waals surface area (Å²) in [6.07, 6.45) is 0.0756. The Morgan fingerprint density at radius 1 is 1.19 bits per heavy atom. The van der Waals surface area contributed by atoms with Gasteiger partial charge in [0.05, 0.1) is 0 Å². The summed E-state index contributed by atoms with van der Waals surface area (Å²) in [5.41, 5.74) is 0.0205. The number of esters is 1. The van der Waals surface area contributed by atoms with E-state index in [-0.39, 0.29) is 25.4 Å². The summed E-state index contributed by atoms with van der Waals surface area (Å²) in [6, 6.07) is 7.11. The van der Waals surface area contributed by atoms with Crippen LogP contribution in [0.25, 0.3) is 0 Å². The highest BCUT2D eigenvalue weighted by Crippen LogP contribution is 2.19. The molecule has 0 spiro atoms. The second-order valence-corrected chi connectivity index (χ2v) is 8.41. The van der Waals surface area contributed by atoms with Crippen molar-refractivity contribution in [1.82, 2.24) is 10.2 Å². The van der Waals surface area contributed by atoms with E-state index in [1.165, 1.54) is 4.90 Å². The fourth-order valence-corrected chi connectivity index (χ4v) is 3.26. The van der Waals surface area contributed by atoms with Gasteiger partial charge in [-0.3, -0.25) is 4.79 Å². The lowest BCUT2D eigenvalue weighted by molar-refractivity contribution is -0.150. The monoisotopic (exact) mass is 434 g/mol. The number of rotatable bonds is 8. The minimum atomic E-state index is -1.10. The van der Waals surface area contributed by atoms with E-state index in [0.717, 1.165) is 5.56 Å². The third kappa shape index (κ3) is 7.92. The van der Waals surface area contributed by atoms with E-state index in [1.54, 1.807) is 32.9 Å². The number of carbonyl (C=O) groups is 4. The van der Waals surface area contributed by atoms with Gasteiger partial charge >= 0.3 is 18.0 Å². The number of amides is 2. The molecule has 0 unspecified atom stereocenters. The maximum Gasteiger partial charge on any atom is 0.408 e. The number of hydrogen-bond donors (Lipinski definition) is 2. The minimum absolute atomic E-state index is 0.0212. The van der Waals surface area contributed by atoms with Gasteiger partial charge in [-0.25, -0.2) is 14.4 Å². The summed E-state index contributed by atoms with van der Waals surface area (Å²) >= 11 is 0. The van der Waals surface area contributed by atoms with Crippen molar-refractivity contribution >= 4 is 23.9 Å². The molecule has 1 saturated heterocycles. The largest absolute Gasteiger partial charge is 0.480 e. The van der Waals surface area contributed by atoms with E-state index in [1.807, 2.05) is 18.2 Å². The van der Waals surface area contributed by atoms with Crippen molar-refractivity contribution in [2.45, 2.75) is 70.7 Å². The molecular weight excluding hydrogens is 404 g/mol. The molecule has 1 fully saturated rings. The molecule has 0 radical (unpaired) electrons. The van der Waals surface area contributed by atoms with Crippen LogP contribution in [0, 0.1) is 0 Å². The number of alkyl carbamates (subject to hydrolysis) is 1. The van der Waals surface area contributed by atoms with E-state index < -0.39 is 35.7 Å². The maximum absolute atomic E-state index is 12.6. The fraction of sp³-hybridized carbons (Fsp3) is 0.545. The average molecular weight is 434 g/mol. The molecule has 2 rings (SSSR count). The third-order valence-corrected chi connectivity index (χ3v) is 4.70. The van der Waals surface area contributed by atoms with Gasteiger partial charge in [0, 0.05) is 13.0 Å². The van der Waals surface area contributed by atoms with Crippen LogP contribution < -0.4 is 5.32 Å². The Morgan fingerprint density at radius 3 is 2.48 bits per heavy atom. The van der Waals surface area contributed by atoms with Crippen molar-refractivity contribution in [2.75, 3.05) is 6.54 Å². The summed E-state index contributed by atoms with van der Waals surface area (Å²) in [4.78, 5) is 50.0. The zero-order chi connectivity index (χ0) is 23.0. The van der Waals surface area contributed by atoms with Gasteiger partial charge in [-0.15, -0.1) is 0 Å². The molecule has 1 heterocycles. The Balaban J connectivity index is 2.00. The molecule has 0 aromatic heterocycles. The summed E-state index contributed by atoms with van der Waals surface area (Å²) in [5, 5.41) is 11.7. The van der Waals surface area contributed by atoms with Crippen LogP contribution in [0.4, 0.5) is 4.79 Å². The first kappa shape index (κ1) is 24.2. The smallest absolute Gasteiger partial charge is 0.408 e. The highest BCUT2D eigenvalue weighted by molar-refractivity contribution is 5.86. The van der Waals surface area contributed by atoms with Crippen LogP contribution in [0.2, 0.25) is 0 Å². The van der Waals surface area contributed by atoms with Crippen molar-refractivity contribution in [3.05, 3.63) is 35.9 Å². The first-order chi connectivity index (χ1) is 14.6. The fourth-order valence-electron chi connectivity index (χ4n) is 3.26. The van der Waals surface area contributed by atoms with Crippen molar-refractivity contribution in [1.29, 1.82) is 0 Å². The maximum atomic E-state index is 12.6. The van der Waals surface area contributed by atoms with Gasteiger partial charge in [-0.2, -0.15) is 0 Å². The Kier molecular flexibility index (Phi) is 8.41. The predicted octanol–water partition coefficient (Wildman–Crippen LogP) is 2.48. The van der Waals surface area contributed by atoms with Crippen molar-refractivity contribution in [3.8, 4) is 0 Å². The predicted molar refractivity (Wildman–Crippen MR) is 111 cm³/mol. The Labute approximate surface area is 181 Å². The van der Waals surface area contributed by atoms with Gasteiger partial charge in [-0.1, -0.05) is 30.3 Å². The molecule has 9 heteroatoms. The molecule has 0 bridgehead atoms. The molecule has 0 aliphatic carbocycles. The first-order valence-corrected chi connectivity index (χ1v) is 10.3. The second-order valence-electron chi connectivity index (χ2n) is 8.41. The molecule has 1 aliphatic heterocycles. The first-order valence-electron chi connectivity index (χ1n) is 10.3. The Bertz CT molecular complexity index is 789. The molecule has 170 valence electrons. The van der Waals surface area contributed by atoms with Crippen LogP contribution in [0.15, 0.2) is 30.3 Å². The molecule has 1 aliphatic rings. The topological polar surface area (TPSA) is 122 Å². The summed E-state index contributed by atoms with van der Waals surface area (Å²) in [5.74, 6) is -2.12. The van der Waals surface area contributed by atoms with Crippen LogP contribution in [0.1, 0.15) is 52.0 Å². The van der Waals surface area contributed by atoms with Gasteiger partial charge in [0.25, 0.3) is 0 Å². The third-order valence-electron chi connectivity index (χ3n) is 4.70. The average Bonchev–Trinajstić information content (AvgIpc) is 3.19. The van der Waals surface area contributed by atoms with Gasteiger partial charge in [0.1, 0.15) is 24.3 Å². The molecule has 1 aromatic carbocycles. The Morgan fingerprint density at radius 2 is 1.87 bits per heavy atom. The SMILES string of the molecule is CC(C)(C)OC(=O)N[C@H](CCC(=O)N1CCC[C@H]1C(=O)O)C(=O)OCc1ccccc1. The van der Waals surface area contributed by atoms with Crippen LogP contribution in [-0.4, -0.2) is 58.2 Å². The van der Waals surface area contributed by atoms with Gasteiger partial charge in [-0.05, 0) is 45.6 Å². The second kappa shape index (κ2) is 10.8. The van der Waals surface area contributed by atoms with Crippen molar-refractivity contribution in [3.63, 3.8) is 0 Å². The summed E-state index contributed by atoms with van der Waals surface area (Å²) in [7, 11) is 0. The lowest BCUT2D eigenvalue weighted by atomic mass is 10.1. The summed E-state index contributed by atoms with van der Waals surface area (Å²) in [6.45, 7) is 5.46. The molecule has 2 N–H and O–H groups in total. The normalized spacial score (nSPS) is 17.0. The summed E-state index contributed by atoms with van der Waals surface area (Å²) < 4.78 is 10.5. The van der Waals surface area contributed by atoms with Gasteiger partial charge in [0.2, 0.25) is 5.91 Å². The standard InChI is InChI=1S/C22H30N2O7/c1-22(2,3)31-21(29)23-16(20(28)30-14-15-8-5-4-6-9-15)11-12-18(25)24-13-7-10-17(24)19(26)27/h4-6,8-9,16-17H,7,10-14H2,1-3H3,(H,23,29)(H,26,27)/t16-,17+/m1/s1. The number of ether oxygens (including phenoxy) is 2. The lowest BCUT2D eigenvalue weighted by Crippen LogP contribution is -2.45. The lowest BCUT2D eigenvalue weighted by Gasteiger charge is -2.24. The number of aliphatic carboxylic acids is 1. The molecule has 31 heavy (non-hydrogen) atoms. The van der Waals surface area contributed by atoms with E-state index in [2.05, 4.69) is 5.32 Å². The molecule has 0 saturated carbocycles. The van der Waals surface area contributed by atoms with E-state index in [9.17, 15) is 24.3 Å². The Hall–Kier alpha value is -3.10. The molecular formula is C22H30N2O7. The zero-order valence-corrected chi connectivity index (χ0v) is 18.1. The van der Waals surface area contributed by atoms with Gasteiger partial charge in [0.15, 0.2) is 0 Å². The number of carboxylic acid groups (broad SMARTS) is 1. The van der Waals surface area contributed by atoms with Crippen LogP contribution in [0.3, 0.4) is 0 Å². The quantitative estimate of drug-likeness (QED) is 0.603. The van der Waals surface area contributed by atoms with Crippen molar-refractivity contribution < 1.29 is 33.8 Å². The van der Waals surface area contributed by atoms with E-state index in [4.69, 9.17) is 9.47 Å². The minimum Gasteiger partial charge on any atom is -0.480 e. The molecule has 1 aromatic rings. The number of nitrogens with zero attached hydrogens (tertiary/aromatic N) is 1. The number of hydrogen-bond acceptors (Lipinski definition) is 6. The van der Waals surface area contributed by atoms with Gasteiger partial charge < -0.3 is 24.8 Å². The number of carbonyl (C=O) groups excluding carboxylic acids is 3. The molecule has 2 atom stereocenters. The van der Waals surface area contributed by atoms with E-state index in [0.29, 0.717) is 19.4 Å². The number of nitrogens with one attached hydrogen (secondary N) is 1. The van der Waals surface area contributed by atoms with Crippen LogP contribution in [0.5, 0.6) is 0 Å².